The second-order valence-electron chi connectivity index (χ2n) is 10.4. The minimum atomic E-state index is -3.79. The van der Waals surface area contributed by atoms with Crippen molar-refractivity contribution in [3.63, 3.8) is 0 Å². The van der Waals surface area contributed by atoms with Gasteiger partial charge in [-0.2, -0.15) is 5.26 Å². The molecule has 2 aliphatic heterocycles. The first kappa shape index (κ1) is 26.7. The fourth-order valence-corrected chi connectivity index (χ4v) is 5.84. The number of aryl methyl sites for hydroxylation is 1. The number of pyridine rings is 2. The summed E-state index contributed by atoms with van der Waals surface area (Å²) in [5, 5.41) is 9.45. The van der Waals surface area contributed by atoms with E-state index in [1.165, 1.54) is 28.8 Å². The summed E-state index contributed by atoms with van der Waals surface area (Å²) in [6.45, 7) is 4.92. The first-order chi connectivity index (χ1) is 19.6. The molecule has 1 unspecified atom stereocenters. The molecule has 4 aromatic rings. The Morgan fingerprint density at radius 3 is 2.54 bits per heavy atom. The summed E-state index contributed by atoms with van der Waals surface area (Å²) in [6, 6.07) is 16.7. The topological polar surface area (TPSA) is 83.6 Å². The lowest BCUT2D eigenvalue weighted by molar-refractivity contribution is -0.287. The van der Waals surface area contributed by atoms with Gasteiger partial charge in [-0.05, 0) is 49.7 Å². The van der Waals surface area contributed by atoms with E-state index in [1.807, 2.05) is 13.8 Å². The number of aromatic nitrogens is 2. The second kappa shape index (κ2) is 9.82. The minimum absolute atomic E-state index is 0.0557. The molecule has 0 amide bonds. The predicted molar refractivity (Wildman–Crippen MR) is 146 cm³/mol. The minimum Gasteiger partial charge on any atom is -0.395 e. The molecule has 0 saturated carbocycles. The highest BCUT2D eigenvalue weighted by Gasteiger charge is 2.46. The average molecular weight is 562 g/mol. The summed E-state index contributed by atoms with van der Waals surface area (Å²) >= 11 is 0. The zero-order valence-corrected chi connectivity index (χ0v) is 22.5. The number of anilines is 1. The van der Waals surface area contributed by atoms with Crippen molar-refractivity contribution in [2.75, 3.05) is 18.0 Å². The van der Waals surface area contributed by atoms with Crippen molar-refractivity contribution in [1.82, 2.24) is 14.5 Å². The van der Waals surface area contributed by atoms with Crippen molar-refractivity contribution in [3.05, 3.63) is 93.7 Å². The van der Waals surface area contributed by atoms with Gasteiger partial charge in [0, 0.05) is 43.9 Å². The van der Waals surface area contributed by atoms with Gasteiger partial charge in [0.2, 0.25) is 0 Å². The van der Waals surface area contributed by atoms with Crippen molar-refractivity contribution in [2.24, 2.45) is 7.05 Å². The molecule has 6 rings (SSSR count). The van der Waals surface area contributed by atoms with Crippen LogP contribution in [-0.4, -0.2) is 45.9 Å². The van der Waals surface area contributed by atoms with Crippen molar-refractivity contribution >= 4 is 16.7 Å². The fraction of sp³-hybridized carbons (Fsp3) is 0.300. The van der Waals surface area contributed by atoms with Gasteiger partial charge >= 0.3 is 6.29 Å². The van der Waals surface area contributed by atoms with E-state index in [2.05, 4.69) is 20.9 Å². The average Bonchev–Trinajstić information content (AvgIpc) is 3.28. The number of hydrogen-bond acceptors (Lipinski definition) is 7. The summed E-state index contributed by atoms with van der Waals surface area (Å²) in [7, 11) is 1.66. The Hall–Kier alpha value is -4.56. The Bertz CT molecular complexity index is 1750. The third kappa shape index (κ3) is 4.64. The SMILES string of the molecule is C[C@@H]1CN(c2cc(=O)n(C)c3ccc(C#N)nc23)[C@@H](C)CN1C(c1ccc(F)cc1)c1cccc2c1OC(F)(F)O2. The summed E-state index contributed by atoms with van der Waals surface area (Å²) < 4.78 is 53.4. The molecule has 11 heteroatoms. The molecule has 0 radical (unpaired) electrons. The lowest BCUT2D eigenvalue weighted by Crippen LogP contribution is -2.57. The molecule has 8 nitrogen and oxygen atoms in total. The molecule has 210 valence electrons. The monoisotopic (exact) mass is 561 g/mol. The zero-order valence-electron chi connectivity index (χ0n) is 22.5. The standard InChI is InChI=1S/C30H26F3N5O3/c1-17-16-38(18(2)15-37(17)24-13-26(39)36(3)23-12-11-21(14-34)35-27(23)24)28(19-7-9-20(31)10-8-19)22-5-4-6-25-29(22)41-30(32,33)40-25/h4-13,17-18,28H,15-16H2,1-3H3/t17-,18+,28?/m0/s1. The molecule has 2 aromatic carbocycles. The van der Waals surface area contributed by atoms with E-state index < -0.39 is 18.2 Å². The van der Waals surface area contributed by atoms with Crippen LogP contribution in [0.15, 0.2) is 65.5 Å². The summed E-state index contributed by atoms with van der Waals surface area (Å²) in [5.74, 6) is -0.533. The molecule has 0 N–H and O–H groups in total. The van der Waals surface area contributed by atoms with Crippen LogP contribution in [0.3, 0.4) is 0 Å². The van der Waals surface area contributed by atoms with Gasteiger partial charge < -0.3 is 18.9 Å². The Balaban J connectivity index is 1.42. The van der Waals surface area contributed by atoms with Gasteiger partial charge in [0.25, 0.3) is 5.56 Å². The van der Waals surface area contributed by atoms with Crippen LogP contribution in [-0.2, 0) is 7.05 Å². The van der Waals surface area contributed by atoms with Crippen LogP contribution in [0.4, 0.5) is 18.9 Å². The number of nitrogens with zero attached hydrogens (tertiary/aromatic N) is 5. The maximum absolute atomic E-state index is 14.1. The summed E-state index contributed by atoms with van der Waals surface area (Å²) in [5.41, 5.74) is 2.98. The molecular weight excluding hydrogens is 535 g/mol. The molecule has 4 heterocycles. The fourth-order valence-electron chi connectivity index (χ4n) is 5.84. The van der Waals surface area contributed by atoms with Crippen molar-refractivity contribution in [3.8, 4) is 17.6 Å². The van der Waals surface area contributed by atoms with Crippen molar-refractivity contribution in [2.45, 2.75) is 38.3 Å². The van der Waals surface area contributed by atoms with E-state index in [9.17, 15) is 23.2 Å². The van der Waals surface area contributed by atoms with E-state index in [0.29, 0.717) is 40.9 Å². The predicted octanol–water partition coefficient (Wildman–Crippen LogP) is 4.95. The molecule has 2 aliphatic rings. The highest BCUT2D eigenvalue weighted by atomic mass is 19.3. The highest BCUT2D eigenvalue weighted by molar-refractivity contribution is 5.89. The van der Waals surface area contributed by atoms with Gasteiger partial charge in [-0.15, -0.1) is 8.78 Å². The van der Waals surface area contributed by atoms with E-state index >= 15 is 0 Å². The van der Waals surface area contributed by atoms with Crippen LogP contribution >= 0.6 is 0 Å². The largest absolute Gasteiger partial charge is 0.586 e. The van der Waals surface area contributed by atoms with Gasteiger partial charge in [0.05, 0.1) is 17.2 Å². The lowest BCUT2D eigenvalue weighted by Gasteiger charge is -2.48. The summed E-state index contributed by atoms with van der Waals surface area (Å²) in [4.78, 5) is 21.7. The molecule has 0 bridgehead atoms. The van der Waals surface area contributed by atoms with Crippen molar-refractivity contribution < 1.29 is 22.6 Å². The van der Waals surface area contributed by atoms with Crippen LogP contribution in [0.2, 0.25) is 0 Å². The number of benzene rings is 2. The van der Waals surface area contributed by atoms with Gasteiger partial charge in [0.15, 0.2) is 11.5 Å². The van der Waals surface area contributed by atoms with Gasteiger partial charge in [-0.25, -0.2) is 9.37 Å². The number of rotatable bonds is 4. The normalized spacial score (nSPS) is 20.7. The number of para-hydroxylation sites is 1. The second-order valence-corrected chi connectivity index (χ2v) is 10.4. The summed E-state index contributed by atoms with van der Waals surface area (Å²) in [6.07, 6.45) is -3.79. The molecule has 0 aliphatic carbocycles. The molecule has 1 fully saturated rings. The molecule has 0 spiro atoms. The Morgan fingerprint density at radius 1 is 1.05 bits per heavy atom. The van der Waals surface area contributed by atoms with E-state index in [-0.39, 0.29) is 34.8 Å². The Morgan fingerprint density at radius 2 is 1.80 bits per heavy atom. The number of nitriles is 1. The molecular formula is C30H26F3N5O3. The molecule has 2 aromatic heterocycles. The number of hydrogen-bond donors (Lipinski definition) is 0. The van der Waals surface area contributed by atoms with Crippen molar-refractivity contribution in [1.29, 1.82) is 5.26 Å². The first-order valence-electron chi connectivity index (χ1n) is 13.1. The van der Waals surface area contributed by atoms with E-state index in [0.717, 1.165) is 0 Å². The number of piperazine rings is 1. The quantitative estimate of drug-likeness (QED) is 0.349. The maximum atomic E-state index is 14.1. The molecule has 3 atom stereocenters. The first-order valence-corrected chi connectivity index (χ1v) is 13.1. The molecule has 41 heavy (non-hydrogen) atoms. The van der Waals surface area contributed by atoms with Crippen LogP contribution in [0.1, 0.15) is 36.7 Å². The number of fused-ring (bicyclic) bond motifs is 2. The van der Waals surface area contributed by atoms with Crippen LogP contribution < -0.4 is 19.9 Å². The molecule has 1 saturated heterocycles. The van der Waals surface area contributed by atoms with Crippen LogP contribution in [0.25, 0.3) is 11.0 Å². The van der Waals surface area contributed by atoms with Gasteiger partial charge in [-0.3, -0.25) is 9.69 Å². The third-order valence-corrected chi connectivity index (χ3v) is 7.80. The van der Waals surface area contributed by atoms with Crippen LogP contribution in [0, 0.1) is 17.1 Å². The van der Waals surface area contributed by atoms with Gasteiger partial charge in [0.1, 0.15) is 23.1 Å². The smallest absolute Gasteiger partial charge is 0.395 e. The van der Waals surface area contributed by atoms with E-state index in [4.69, 9.17) is 9.47 Å². The van der Waals surface area contributed by atoms with Gasteiger partial charge in [-0.1, -0.05) is 24.3 Å². The highest BCUT2D eigenvalue weighted by Crippen LogP contribution is 2.48. The Labute approximate surface area is 233 Å². The number of alkyl halides is 2. The van der Waals surface area contributed by atoms with E-state index in [1.54, 1.807) is 43.4 Å². The zero-order chi connectivity index (χ0) is 29.1. The number of ether oxygens (including phenoxy) is 2. The maximum Gasteiger partial charge on any atom is 0.586 e. The Kier molecular flexibility index (Phi) is 6.38. The third-order valence-electron chi connectivity index (χ3n) is 7.80. The van der Waals surface area contributed by atoms with Crippen LogP contribution in [0.5, 0.6) is 11.5 Å². The number of halogens is 3. The lowest BCUT2D eigenvalue weighted by atomic mass is 9.92.